The second-order valence-electron chi connectivity index (χ2n) is 4.09. The lowest BCUT2D eigenvalue weighted by molar-refractivity contribution is 0.414. The Bertz CT molecular complexity index is 678. The Hall–Kier alpha value is -2.01. The van der Waals surface area contributed by atoms with Crippen LogP contribution >= 0.6 is 11.8 Å². The smallest absolute Gasteiger partial charge is 0.118 e. The molecule has 3 aromatic rings. The van der Waals surface area contributed by atoms with Gasteiger partial charge in [-0.1, -0.05) is 12.1 Å². The van der Waals surface area contributed by atoms with E-state index in [1.165, 1.54) is 5.56 Å². The highest BCUT2D eigenvalue weighted by Gasteiger charge is 2.01. The first-order chi connectivity index (χ1) is 9.35. The maximum absolute atomic E-state index is 5.14. The van der Waals surface area contributed by atoms with Gasteiger partial charge in [0.25, 0.3) is 0 Å². The predicted octanol–water partition coefficient (Wildman–Crippen LogP) is 3.26. The number of hydrogen-bond acceptors (Lipinski definition) is 4. The van der Waals surface area contributed by atoms with E-state index in [1.54, 1.807) is 25.1 Å². The quantitative estimate of drug-likeness (QED) is 0.740. The summed E-state index contributed by atoms with van der Waals surface area (Å²) in [5.74, 6) is 1.77. The number of nitrogens with zero attached hydrogens (tertiary/aromatic N) is 2. The van der Waals surface area contributed by atoms with Gasteiger partial charge in [-0.25, -0.2) is 4.98 Å². The summed E-state index contributed by atoms with van der Waals surface area (Å²) in [7, 11) is 1.67. The van der Waals surface area contributed by atoms with Gasteiger partial charge in [-0.05, 0) is 29.8 Å². The molecule has 2 aromatic heterocycles. The molecular formula is C14H13N3OS. The first-order valence-electron chi connectivity index (χ1n) is 5.91. The van der Waals surface area contributed by atoms with Crippen LogP contribution in [0, 0.1) is 0 Å². The fourth-order valence-corrected chi connectivity index (χ4v) is 2.61. The van der Waals surface area contributed by atoms with Crippen LogP contribution in [0.1, 0.15) is 5.56 Å². The number of fused-ring (bicyclic) bond motifs is 1. The average molecular weight is 271 g/mol. The van der Waals surface area contributed by atoms with E-state index in [-0.39, 0.29) is 0 Å². The van der Waals surface area contributed by atoms with Crippen molar-refractivity contribution < 1.29 is 4.74 Å². The zero-order valence-corrected chi connectivity index (χ0v) is 11.3. The highest BCUT2D eigenvalue weighted by molar-refractivity contribution is 7.98. The molecule has 0 atom stereocenters. The Morgan fingerprint density at radius 1 is 1.16 bits per heavy atom. The zero-order valence-electron chi connectivity index (χ0n) is 10.5. The van der Waals surface area contributed by atoms with Gasteiger partial charge >= 0.3 is 0 Å². The van der Waals surface area contributed by atoms with Crippen molar-refractivity contribution in [3.05, 3.63) is 48.2 Å². The minimum atomic E-state index is 0.881. The number of methoxy groups -OCH3 is 1. The van der Waals surface area contributed by atoms with Crippen molar-refractivity contribution in [1.82, 2.24) is 15.2 Å². The third-order valence-corrected chi connectivity index (χ3v) is 3.82. The van der Waals surface area contributed by atoms with Gasteiger partial charge in [0.05, 0.1) is 23.8 Å². The summed E-state index contributed by atoms with van der Waals surface area (Å²) in [5.41, 5.74) is 3.12. The topological polar surface area (TPSA) is 50.8 Å². The number of hydrogen-bond donors (Lipinski definition) is 1. The lowest BCUT2D eigenvalue weighted by Gasteiger charge is -2.03. The summed E-state index contributed by atoms with van der Waals surface area (Å²) in [6, 6.07) is 12.1. The van der Waals surface area contributed by atoms with Crippen LogP contribution in [0.15, 0.2) is 47.6 Å². The van der Waals surface area contributed by atoms with E-state index in [1.807, 2.05) is 24.3 Å². The Balaban J connectivity index is 1.70. The standard InChI is InChI=1S/C14H13N3OS/c1-18-11-4-2-10(3-5-11)9-19-14-7-6-12-13(16-14)8-15-17-12/h2-8H,9H2,1H3,(H,15,17). The molecule has 0 fully saturated rings. The van der Waals surface area contributed by atoms with Crippen molar-refractivity contribution in [2.45, 2.75) is 10.8 Å². The van der Waals surface area contributed by atoms with Crippen LogP contribution in [0.25, 0.3) is 11.0 Å². The molecule has 0 aliphatic heterocycles. The third-order valence-electron chi connectivity index (χ3n) is 2.82. The number of pyridine rings is 1. The Morgan fingerprint density at radius 2 is 2.00 bits per heavy atom. The molecule has 1 N–H and O–H groups in total. The number of rotatable bonds is 4. The average Bonchev–Trinajstić information content (AvgIpc) is 2.93. The molecule has 0 unspecified atom stereocenters. The van der Waals surface area contributed by atoms with Gasteiger partial charge in [-0.2, -0.15) is 5.10 Å². The van der Waals surface area contributed by atoms with Crippen LogP contribution < -0.4 is 4.74 Å². The van der Waals surface area contributed by atoms with Crippen LogP contribution in [0.2, 0.25) is 0 Å². The molecule has 0 saturated carbocycles. The van der Waals surface area contributed by atoms with Gasteiger partial charge in [-0.3, -0.25) is 5.10 Å². The maximum Gasteiger partial charge on any atom is 0.118 e. The summed E-state index contributed by atoms with van der Waals surface area (Å²) < 4.78 is 5.14. The van der Waals surface area contributed by atoms with E-state index >= 15 is 0 Å². The normalized spacial score (nSPS) is 10.8. The summed E-state index contributed by atoms with van der Waals surface area (Å²) in [4.78, 5) is 4.53. The molecule has 0 amide bonds. The molecule has 1 aromatic carbocycles. The first-order valence-corrected chi connectivity index (χ1v) is 6.89. The molecule has 0 spiro atoms. The zero-order chi connectivity index (χ0) is 13.1. The highest BCUT2D eigenvalue weighted by atomic mass is 32.2. The van der Waals surface area contributed by atoms with Gasteiger partial charge in [-0.15, -0.1) is 11.8 Å². The van der Waals surface area contributed by atoms with Crippen molar-refractivity contribution in [2.75, 3.05) is 7.11 Å². The van der Waals surface area contributed by atoms with E-state index in [2.05, 4.69) is 27.3 Å². The number of thioether (sulfide) groups is 1. The molecule has 19 heavy (non-hydrogen) atoms. The molecule has 0 radical (unpaired) electrons. The number of nitrogens with one attached hydrogen (secondary N) is 1. The molecule has 0 bridgehead atoms. The van der Waals surface area contributed by atoms with Crippen LogP contribution in [0.5, 0.6) is 5.75 Å². The number of aromatic amines is 1. The molecule has 0 saturated heterocycles. The van der Waals surface area contributed by atoms with Crippen molar-refractivity contribution in [1.29, 1.82) is 0 Å². The van der Waals surface area contributed by atoms with E-state index in [4.69, 9.17) is 4.74 Å². The third kappa shape index (κ3) is 2.71. The number of H-pyrrole nitrogens is 1. The fourth-order valence-electron chi connectivity index (χ4n) is 1.77. The monoisotopic (exact) mass is 271 g/mol. The van der Waals surface area contributed by atoms with Crippen LogP contribution in [0.3, 0.4) is 0 Å². The van der Waals surface area contributed by atoms with Crippen molar-refractivity contribution in [3.8, 4) is 5.75 Å². The molecule has 4 nitrogen and oxygen atoms in total. The van der Waals surface area contributed by atoms with Gasteiger partial charge in [0.1, 0.15) is 11.3 Å². The SMILES string of the molecule is COc1ccc(CSc2ccc3[nH]ncc3n2)cc1. The lowest BCUT2D eigenvalue weighted by Crippen LogP contribution is -1.85. The minimum absolute atomic E-state index is 0.881. The fraction of sp³-hybridized carbons (Fsp3) is 0.143. The summed E-state index contributed by atoms with van der Waals surface area (Å²) in [5, 5.41) is 7.87. The minimum Gasteiger partial charge on any atom is -0.497 e. The Labute approximate surface area is 115 Å². The summed E-state index contributed by atoms with van der Waals surface area (Å²) >= 11 is 1.71. The molecule has 0 aliphatic rings. The van der Waals surface area contributed by atoms with Crippen LogP contribution in [0.4, 0.5) is 0 Å². The molecule has 5 heteroatoms. The molecule has 0 aliphatic carbocycles. The van der Waals surface area contributed by atoms with Crippen molar-refractivity contribution in [2.24, 2.45) is 0 Å². The first kappa shape index (κ1) is 12.0. The number of aromatic nitrogens is 3. The second kappa shape index (κ2) is 5.32. The number of benzene rings is 1. The van der Waals surface area contributed by atoms with Crippen molar-refractivity contribution in [3.63, 3.8) is 0 Å². The largest absolute Gasteiger partial charge is 0.497 e. The van der Waals surface area contributed by atoms with Gasteiger partial charge in [0.2, 0.25) is 0 Å². The molecule has 96 valence electrons. The Morgan fingerprint density at radius 3 is 2.79 bits per heavy atom. The maximum atomic E-state index is 5.14. The van der Waals surface area contributed by atoms with Gasteiger partial charge < -0.3 is 4.74 Å². The van der Waals surface area contributed by atoms with Gasteiger partial charge in [0, 0.05) is 5.75 Å². The molecule has 3 rings (SSSR count). The van der Waals surface area contributed by atoms with E-state index < -0.39 is 0 Å². The second-order valence-corrected chi connectivity index (χ2v) is 5.08. The van der Waals surface area contributed by atoms with E-state index in [0.29, 0.717) is 0 Å². The molecule has 2 heterocycles. The molecular weight excluding hydrogens is 258 g/mol. The predicted molar refractivity (Wildman–Crippen MR) is 76.4 cm³/mol. The summed E-state index contributed by atoms with van der Waals surface area (Å²) in [6.07, 6.45) is 1.74. The highest BCUT2D eigenvalue weighted by Crippen LogP contribution is 2.23. The Kier molecular flexibility index (Phi) is 3.37. The number of ether oxygens (including phenoxy) is 1. The lowest BCUT2D eigenvalue weighted by atomic mass is 10.2. The van der Waals surface area contributed by atoms with E-state index in [9.17, 15) is 0 Å². The van der Waals surface area contributed by atoms with Crippen LogP contribution in [-0.2, 0) is 5.75 Å². The van der Waals surface area contributed by atoms with Crippen LogP contribution in [-0.4, -0.2) is 22.3 Å². The van der Waals surface area contributed by atoms with Gasteiger partial charge in [0.15, 0.2) is 0 Å². The summed E-state index contributed by atoms with van der Waals surface area (Å²) in [6.45, 7) is 0. The van der Waals surface area contributed by atoms with Crippen molar-refractivity contribution >= 4 is 22.8 Å². The van der Waals surface area contributed by atoms with E-state index in [0.717, 1.165) is 27.6 Å².